The first-order chi connectivity index (χ1) is 28.7. The molecule has 0 radical (unpaired) electrons. The standard InChI is InChI=1S/C52H31N5O/c1-2-9-37-29-38(18-15-32(37)7-1)33-13-16-35(17-14-33)50-54-51(56-52(55-50)39-22-25-43-45-31-53-28-27-47(45)58-48(43)30-39)36-19-23-40(24-20-36)57-46-12-6-5-11-42(46)44-26-21-34-8-3-4-10-41(34)49(44)57/h1-31H. The van der Waals surface area contributed by atoms with Gasteiger partial charge in [0.15, 0.2) is 17.5 Å². The Kier molecular flexibility index (Phi) is 7.13. The molecule has 0 fully saturated rings. The zero-order valence-corrected chi connectivity index (χ0v) is 31.0. The van der Waals surface area contributed by atoms with Gasteiger partial charge in [-0.1, -0.05) is 121 Å². The number of fused-ring (bicyclic) bond motifs is 9. The number of rotatable bonds is 5. The fourth-order valence-electron chi connectivity index (χ4n) is 8.46. The molecule has 6 heteroatoms. The smallest absolute Gasteiger partial charge is 0.164 e. The highest BCUT2D eigenvalue weighted by molar-refractivity contribution is 6.18. The number of para-hydroxylation sites is 1. The van der Waals surface area contributed by atoms with Crippen LogP contribution in [0, 0.1) is 0 Å². The Morgan fingerprint density at radius 1 is 0.379 bits per heavy atom. The topological polar surface area (TPSA) is 69.6 Å². The van der Waals surface area contributed by atoms with E-state index in [1.807, 2.05) is 24.4 Å². The van der Waals surface area contributed by atoms with Crippen LogP contribution in [0.3, 0.4) is 0 Å². The van der Waals surface area contributed by atoms with E-state index in [-0.39, 0.29) is 0 Å². The zero-order valence-electron chi connectivity index (χ0n) is 31.0. The molecule has 0 aliphatic carbocycles. The lowest BCUT2D eigenvalue weighted by Crippen LogP contribution is -2.00. The van der Waals surface area contributed by atoms with Crippen LogP contribution < -0.4 is 0 Å². The van der Waals surface area contributed by atoms with Crippen LogP contribution in [0.4, 0.5) is 0 Å². The molecular formula is C52H31N5O. The Morgan fingerprint density at radius 2 is 0.983 bits per heavy atom. The maximum atomic E-state index is 6.25. The van der Waals surface area contributed by atoms with Crippen molar-refractivity contribution >= 4 is 65.3 Å². The minimum absolute atomic E-state index is 0.567. The van der Waals surface area contributed by atoms with Crippen molar-refractivity contribution in [3.8, 4) is 51.0 Å². The van der Waals surface area contributed by atoms with Crippen LogP contribution in [0.1, 0.15) is 0 Å². The van der Waals surface area contributed by atoms with E-state index in [1.165, 1.54) is 37.8 Å². The van der Waals surface area contributed by atoms with Gasteiger partial charge >= 0.3 is 0 Å². The Labute approximate surface area is 332 Å². The third kappa shape index (κ3) is 5.20. The van der Waals surface area contributed by atoms with Crippen LogP contribution >= 0.6 is 0 Å². The molecule has 270 valence electrons. The molecular weight excluding hydrogens is 711 g/mol. The van der Waals surface area contributed by atoms with E-state index in [0.29, 0.717) is 17.5 Å². The van der Waals surface area contributed by atoms with Crippen molar-refractivity contribution in [1.29, 1.82) is 0 Å². The quantitative estimate of drug-likeness (QED) is 0.176. The molecule has 0 N–H and O–H groups in total. The molecule has 4 heterocycles. The molecule has 0 unspecified atom stereocenters. The second-order valence-corrected chi connectivity index (χ2v) is 14.7. The highest BCUT2D eigenvalue weighted by atomic mass is 16.3. The van der Waals surface area contributed by atoms with E-state index in [9.17, 15) is 0 Å². The van der Waals surface area contributed by atoms with E-state index in [0.717, 1.165) is 61.0 Å². The van der Waals surface area contributed by atoms with Gasteiger partial charge in [-0.05, 0) is 81.9 Å². The summed E-state index contributed by atoms with van der Waals surface area (Å²) in [5.74, 6) is 1.75. The van der Waals surface area contributed by atoms with Gasteiger partial charge in [0.2, 0.25) is 0 Å². The second kappa shape index (κ2) is 12.8. The lowest BCUT2D eigenvalue weighted by atomic mass is 10.00. The van der Waals surface area contributed by atoms with Crippen molar-refractivity contribution in [1.82, 2.24) is 24.5 Å². The largest absolute Gasteiger partial charge is 0.456 e. The minimum Gasteiger partial charge on any atom is -0.456 e. The van der Waals surface area contributed by atoms with Crippen LogP contribution in [-0.4, -0.2) is 24.5 Å². The lowest BCUT2D eigenvalue weighted by molar-refractivity contribution is 0.668. The molecule has 4 aromatic heterocycles. The van der Waals surface area contributed by atoms with Gasteiger partial charge in [-0.2, -0.15) is 0 Å². The summed E-state index contributed by atoms with van der Waals surface area (Å²) in [6.45, 7) is 0. The lowest BCUT2D eigenvalue weighted by Gasteiger charge is -2.12. The van der Waals surface area contributed by atoms with Gasteiger partial charge < -0.3 is 8.98 Å². The monoisotopic (exact) mass is 741 g/mol. The van der Waals surface area contributed by atoms with Crippen molar-refractivity contribution in [3.63, 3.8) is 0 Å². The summed E-state index contributed by atoms with van der Waals surface area (Å²) in [6, 6.07) is 61.7. The molecule has 0 saturated carbocycles. The minimum atomic E-state index is 0.567. The molecule has 0 aliphatic rings. The van der Waals surface area contributed by atoms with Crippen molar-refractivity contribution in [3.05, 3.63) is 188 Å². The van der Waals surface area contributed by atoms with Gasteiger partial charge in [0.1, 0.15) is 11.2 Å². The summed E-state index contributed by atoms with van der Waals surface area (Å²) in [5, 5.41) is 9.30. The van der Waals surface area contributed by atoms with Crippen LogP contribution in [0.2, 0.25) is 0 Å². The Balaban J connectivity index is 0.990. The number of nitrogens with zero attached hydrogens (tertiary/aromatic N) is 5. The van der Waals surface area contributed by atoms with E-state index in [2.05, 4.69) is 167 Å². The molecule has 12 aromatic rings. The van der Waals surface area contributed by atoms with E-state index >= 15 is 0 Å². The summed E-state index contributed by atoms with van der Waals surface area (Å²) in [7, 11) is 0. The number of hydrogen-bond acceptors (Lipinski definition) is 5. The zero-order chi connectivity index (χ0) is 38.2. The van der Waals surface area contributed by atoms with Crippen LogP contribution in [0.15, 0.2) is 193 Å². The van der Waals surface area contributed by atoms with Gasteiger partial charge in [0.25, 0.3) is 0 Å². The summed E-state index contributed by atoms with van der Waals surface area (Å²) < 4.78 is 8.62. The molecule has 0 atom stereocenters. The first-order valence-electron chi connectivity index (χ1n) is 19.4. The number of furan rings is 1. The third-order valence-electron chi connectivity index (χ3n) is 11.3. The van der Waals surface area contributed by atoms with Gasteiger partial charge in [-0.15, -0.1) is 0 Å². The summed E-state index contributed by atoms with van der Waals surface area (Å²) in [4.78, 5) is 19.6. The molecule has 0 amide bonds. The molecule has 12 rings (SSSR count). The summed E-state index contributed by atoms with van der Waals surface area (Å²) in [5.41, 5.74) is 9.89. The van der Waals surface area contributed by atoms with Gasteiger partial charge in [0, 0.05) is 61.7 Å². The first-order valence-corrected chi connectivity index (χ1v) is 19.4. The predicted octanol–water partition coefficient (Wildman–Crippen LogP) is 13.2. The van der Waals surface area contributed by atoms with Crippen LogP contribution in [0.25, 0.3) is 116 Å². The fourth-order valence-corrected chi connectivity index (χ4v) is 8.46. The molecule has 0 spiro atoms. The molecule has 8 aromatic carbocycles. The molecule has 58 heavy (non-hydrogen) atoms. The van der Waals surface area contributed by atoms with E-state index in [4.69, 9.17) is 19.4 Å². The Morgan fingerprint density at radius 3 is 1.79 bits per heavy atom. The molecule has 0 saturated heterocycles. The Hall–Kier alpha value is -7.96. The number of hydrogen-bond donors (Lipinski definition) is 0. The average molecular weight is 742 g/mol. The number of benzene rings is 8. The van der Waals surface area contributed by atoms with Crippen molar-refractivity contribution in [2.45, 2.75) is 0 Å². The normalized spacial score (nSPS) is 11.8. The Bertz CT molecular complexity index is 3570. The average Bonchev–Trinajstić information content (AvgIpc) is 3.84. The number of aromatic nitrogens is 5. The highest BCUT2D eigenvalue weighted by Gasteiger charge is 2.18. The van der Waals surface area contributed by atoms with Gasteiger partial charge in [-0.3, -0.25) is 4.98 Å². The van der Waals surface area contributed by atoms with Crippen LogP contribution in [-0.2, 0) is 0 Å². The van der Waals surface area contributed by atoms with Crippen molar-refractivity contribution < 1.29 is 4.42 Å². The van der Waals surface area contributed by atoms with Crippen molar-refractivity contribution in [2.75, 3.05) is 0 Å². The second-order valence-electron chi connectivity index (χ2n) is 14.7. The van der Waals surface area contributed by atoms with E-state index < -0.39 is 0 Å². The maximum absolute atomic E-state index is 6.25. The van der Waals surface area contributed by atoms with Crippen LogP contribution in [0.5, 0.6) is 0 Å². The predicted molar refractivity (Wildman–Crippen MR) is 236 cm³/mol. The summed E-state index contributed by atoms with van der Waals surface area (Å²) >= 11 is 0. The van der Waals surface area contributed by atoms with E-state index in [1.54, 1.807) is 6.20 Å². The molecule has 0 bridgehead atoms. The highest BCUT2D eigenvalue weighted by Crippen LogP contribution is 2.38. The maximum Gasteiger partial charge on any atom is 0.164 e. The third-order valence-corrected chi connectivity index (χ3v) is 11.3. The van der Waals surface area contributed by atoms with Gasteiger partial charge in [0.05, 0.1) is 11.0 Å². The van der Waals surface area contributed by atoms with Gasteiger partial charge in [-0.25, -0.2) is 15.0 Å². The van der Waals surface area contributed by atoms with Crippen molar-refractivity contribution in [2.24, 2.45) is 0 Å². The summed E-state index contributed by atoms with van der Waals surface area (Å²) in [6.07, 6.45) is 3.59. The fraction of sp³-hybridized carbons (Fsp3) is 0. The number of pyridine rings is 1. The molecule has 0 aliphatic heterocycles. The molecule has 6 nitrogen and oxygen atoms in total. The first kappa shape index (κ1) is 32.3. The SMILES string of the molecule is c1ccc2cc(-c3ccc(-c4nc(-c5ccc(-n6c7ccccc7c7ccc8ccccc8c76)cc5)nc(-c5ccc6c(c5)oc5ccncc56)n4)cc3)ccc2c1.